The lowest BCUT2D eigenvalue weighted by Crippen LogP contribution is -2.40. The number of carbonyl (C=O) groups is 1. The molecule has 22 heavy (non-hydrogen) atoms. The lowest BCUT2D eigenvalue weighted by atomic mass is 10.1. The van der Waals surface area contributed by atoms with Crippen molar-refractivity contribution in [1.29, 1.82) is 0 Å². The molecule has 1 heterocycles. The Kier molecular flexibility index (Phi) is 4.58. The van der Waals surface area contributed by atoms with Crippen molar-refractivity contribution < 1.29 is 13.2 Å². The number of anilines is 1. The van der Waals surface area contributed by atoms with Gasteiger partial charge >= 0.3 is 0 Å². The summed E-state index contributed by atoms with van der Waals surface area (Å²) in [4.78, 5) is 12.3. The van der Waals surface area contributed by atoms with Crippen molar-refractivity contribution in [3.8, 4) is 0 Å². The van der Waals surface area contributed by atoms with Gasteiger partial charge in [0.2, 0.25) is 0 Å². The number of amides is 1. The van der Waals surface area contributed by atoms with Crippen LogP contribution in [0.1, 0.15) is 31.1 Å². The highest BCUT2D eigenvalue weighted by Gasteiger charge is 2.21. The Morgan fingerprint density at radius 1 is 1.09 bits per heavy atom. The van der Waals surface area contributed by atoms with Gasteiger partial charge in [-0.3, -0.25) is 9.52 Å². The van der Waals surface area contributed by atoms with Crippen molar-refractivity contribution >= 4 is 33.0 Å². The summed E-state index contributed by atoms with van der Waals surface area (Å²) >= 11 is 1.12. The largest absolute Gasteiger partial charge is 0.347 e. The summed E-state index contributed by atoms with van der Waals surface area (Å²) in [6.07, 6.45) is 0. The van der Waals surface area contributed by atoms with Gasteiger partial charge in [0, 0.05) is 5.54 Å². The van der Waals surface area contributed by atoms with Gasteiger partial charge in [0.25, 0.3) is 15.9 Å². The average molecular weight is 338 g/mol. The van der Waals surface area contributed by atoms with Crippen molar-refractivity contribution in [2.45, 2.75) is 30.5 Å². The SMILES string of the molecule is CC(C)(C)NC(=O)c1ccccc1NS(=O)(=O)c1cccs1. The Balaban J connectivity index is 2.32. The van der Waals surface area contributed by atoms with Crippen LogP contribution < -0.4 is 10.0 Å². The normalized spacial score (nSPS) is 12.0. The van der Waals surface area contributed by atoms with Crippen LogP contribution in [-0.2, 0) is 10.0 Å². The molecule has 0 aliphatic rings. The van der Waals surface area contributed by atoms with Crippen LogP contribution in [0.5, 0.6) is 0 Å². The van der Waals surface area contributed by atoms with Crippen LogP contribution in [-0.4, -0.2) is 19.9 Å². The Morgan fingerprint density at radius 3 is 2.36 bits per heavy atom. The first-order valence-corrected chi connectivity index (χ1v) is 9.03. The minimum absolute atomic E-state index is 0.207. The van der Waals surface area contributed by atoms with E-state index in [-0.39, 0.29) is 21.4 Å². The van der Waals surface area contributed by atoms with E-state index in [9.17, 15) is 13.2 Å². The Morgan fingerprint density at radius 2 is 1.77 bits per heavy atom. The molecule has 1 aromatic carbocycles. The third kappa shape index (κ3) is 4.08. The third-order valence-corrected chi connectivity index (χ3v) is 5.43. The molecule has 0 unspecified atom stereocenters. The molecule has 2 aromatic rings. The van der Waals surface area contributed by atoms with Crippen molar-refractivity contribution in [2.75, 3.05) is 4.72 Å². The molecule has 2 N–H and O–H groups in total. The zero-order valence-electron chi connectivity index (χ0n) is 12.6. The molecule has 118 valence electrons. The summed E-state index contributed by atoms with van der Waals surface area (Å²) in [7, 11) is -3.68. The van der Waals surface area contributed by atoms with Gasteiger partial charge in [-0.25, -0.2) is 8.42 Å². The van der Waals surface area contributed by atoms with Crippen molar-refractivity contribution in [1.82, 2.24) is 5.32 Å². The second kappa shape index (κ2) is 6.10. The maximum atomic E-state index is 12.3. The number of rotatable bonds is 4. The minimum Gasteiger partial charge on any atom is -0.347 e. The second-order valence-corrected chi connectivity index (χ2v) is 8.64. The maximum absolute atomic E-state index is 12.3. The van der Waals surface area contributed by atoms with Gasteiger partial charge in [0.15, 0.2) is 0 Å². The van der Waals surface area contributed by atoms with Crippen molar-refractivity contribution in [3.05, 3.63) is 47.3 Å². The first kappa shape index (κ1) is 16.5. The fourth-order valence-corrected chi connectivity index (χ4v) is 3.86. The molecule has 1 aromatic heterocycles. The van der Waals surface area contributed by atoms with Crippen LogP contribution in [0.15, 0.2) is 46.0 Å². The molecule has 0 saturated heterocycles. The molecule has 0 aliphatic carbocycles. The van der Waals surface area contributed by atoms with E-state index in [1.54, 1.807) is 35.7 Å². The molecule has 0 spiro atoms. The van der Waals surface area contributed by atoms with Crippen LogP contribution in [0.2, 0.25) is 0 Å². The molecule has 0 bridgehead atoms. The van der Waals surface area contributed by atoms with E-state index in [1.165, 1.54) is 6.07 Å². The molecule has 0 atom stereocenters. The maximum Gasteiger partial charge on any atom is 0.271 e. The molecule has 5 nitrogen and oxygen atoms in total. The van der Waals surface area contributed by atoms with Gasteiger partial charge in [-0.2, -0.15) is 0 Å². The molecule has 0 aliphatic heterocycles. The molecular weight excluding hydrogens is 320 g/mol. The van der Waals surface area contributed by atoms with Crippen molar-refractivity contribution in [2.24, 2.45) is 0 Å². The lowest BCUT2D eigenvalue weighted by molar-refractivity contribution is 0.0920. The third-order valence-electron chi connectivity index (χ3n) is 2.66. The summed E-state index contributed by atoms with van der Waals surface area (Å²) in [6.45, 7) is 5.59. The van der Waals surface area contributed by atoms with E-state index in [2.05, 4.69) is 10.0 Å². The number of benzene rings is 1. The standard InChI is InChI=1S/C15H18N2O3S2/c1-15(2,3)16-14(18)11-7-4-5-8-12(11)17-22(19,20)13-9-6-10-21-13/h4-10,17H,1-3H3,(H,16,18). The minimum atomic E-state index is -3.68. The fourth-order valence-electron chi connectivity index (χ4n) is 1.79. The molecule has 0 radical (unpaired) electrons. The molecule has 0 fully saturated rings. The van der Waals surface area contributed by atoms with Gasteiger partial charge in [-0.15, -0.1) is 11.3 Å². The van der Waals surface area contributed by atoms with Crippen molar-refractivity contribution in [3.63, 3.8) is 0 Å². The molecule has 1 amide bonds. The van der Waals surface area contributed by atoms with Gasteiger partial charge in [-0.1, -0.05) is 18.2 Å². The number of para-hydroxylation sites is 1. The van der Waals surface area contributed by atoms with Gasteiger partial charge in [-0.05, 0) is 44.4 Å². The highest BCUT2D eigenvalue weighted by molar-refractivity contribution is 7.94. The van der Waals surface area contributed by atoms with Crippen LogP contribution >= 0.6 is 11.3 Å². The smallest absolute Gasteiger partial charge is 0.271 e. The van der Waals surface area contributed by atoms with Gasteiger partial charge < -0.3 is 5.32 Å². The first-order chi connectivity index (χ1) is 10.2. The molecule has 7 heteroatoms. The first-order valence-electron chi connectivity index (χ1n) is 6.67. The van der Waals surface area contributed by atoms with Crippen LogP contribution in [0.4, 0.5) is 5.69 Å². The van der Waals surface area contributed by atoms with E-state index >= 15 is 0 Å². The number of hydrogen-bond acceptors (Lipinski definition) is 4. The quantitative estimate of drug-likeness (QED) is 0.899. The number of carbonyl (C=O) groups excluding carboxylic acids is 1. The molecule has 0 saturated carbocycles. The van der Waals surface area contributed by atoms with E-state index < -0.39 is 15.6 Å². The lowest BCUT2D eigenvalue weighted by Gasteiger charge is -2.21. The van der Waals surface area contributed by atoms with E-state index in [0.717, 1.165) is 11.3 Å². The Labute approximate surface area is 134 Å². The topological polar surface area (TPSA) is 75.3 Å². The summed E-state index contributed by atoms with van der Waals surface area (Å²) in [5.41, 5.74) is 0.145. The summed E-state index contributed by atoms with van der Waals surface area (Å²) in [5.74, 6) is -0.322. The second-order valence-electron chi connectivity index (χ2n) is 5.79. The van der Waals surface area contributed by atoms with Gasteiger partial charge in [0.05, 0.1) is 11.3 Å². The van der Waals surface area contributed by atoms with E-state index in [4.69, 9.17) is 0 Å². The predicted molar refractivity (Wildman–Crippen MR) is 88.8 cm³/mol. The van der Waals surface area contributed by atoms with E-state index in [1.807, 2.05) is 20.8 Å². The fraction of sp³-hybridized carbons (Fsp3) is 0.267. The summed E-state index contributed by atoms with van der Waals surface area (Å²) in [6, 6.07) is 9.72. The van der Waals surface area contributed by atoms with Crippen LogP contribution in [0.3, 0.4) is 0 Å². The molecule has 2 rings (SSSR count). The average Bonchev–Trinajstić information content (AvgIpc) is 2.91. The summed E-state index contributed by atoms with van der Waals surface area (Å²) in [5, 5.41) is 4.51. The van der Waals surface area contributed by atoms with Gasteiger partial charge in [0.1, 0.15) is 4.21 Å². The predicted octanol–water partition coefficient (Wildman–Crippen LogP) is 3.08. The molecular formula is C15H18N2O3S2. The Bertz CT molecular complexity index is 760. The number of hydrogen-bond donors (Lipinski definition) is 2. The monoisotopic (exact) mass is 338 g/mol. The number of thiophene rings is 1. The Hall–Kier alpha value is -1.86. The van der Waals surface area contributed by atoms with E-state index in [0.29, 0.717) is 0 Å². The zero-order chi connectivity index (χ0) is 16.4. The highest BCUT2D eigenvalue weighted by atomic mass is 32.2. The number of nitrogens with one attached hydrogen (secondary N) is 2. The zero-order valence-corrected chi connectivity index (χ0v) is 14.2. The van der Waals surface area contributed by atoms with Crippen LogP contribution in [0.25, 0.3) is 0 Å². The highest BCUT2D eigenvalue weighted by Crippen LogP contribution is 2.23. The van der Waals surface area contributed by atoms with Crippen LogP contribution in [0, 0.1) is 0 Å². The number of sulfonamides is 1. The summed E-state index contributed by atoms with van der Waals surface area (Å²) < 4.78 is 27.3.